The van der Waals surface area contributed by atoms with Crippen LogP contribution >= 0.6 is 0 Å². The van der Waals surface area contributed by atoms with Gasteiger partial charge in [-0.25, -0.2) is 8.42 Å². The molecular formula is C10H19NO4S. The topological polar surface area (TPSA) is 74.7 Å². The van der Waals surface area contributed by atoms with Gasteiger partial charge < -0.3 is 10.0 Å². The molecule has 1 saturated heterocycles. The molecule has 1 amide bonds. The van der Waals surface area contributed by atoms with Crippen LogP contribution in [0.5, 0.6) is 0 Å². The lowest BCUT2D eigenvalue weighted by Crippen LogP contribution is -2.42. The van der Waals surface area contributed by atoms with E-state index in [1.54, 1.807) is 7.05 Å². The zero-order chi connectivity index (χ0) is 12.3. The lowest BCUT2D eigenvalue weighted by Gasteiger charge is -2.26. The fourth-order valence-electron chi connectivity index (χ4n) is 1.93. The van der Waals surface area contributed by atoms with E-state index in [1.165, 1.54) is 4.90 Å². The Balaban J connectivity index is 2.65. The maximum absolute atomic E-state index is 11.9. The van der Waals surface area contributed by atoms with E-state index in [2.05, 4.69) is 0 Å². The molecule has 0 bridgehead atoms. The minimum absolute atomic E-state index is 0.0527. The third-order valence-electron chi connectivity index (χ3n) is 3.17. The molecule has 0 spiro atoms. The van der Waals surface area contributed by atoms with Crippen molar-refractivity contribution < 1.29 is 18.3 Å². The van der Waals surface area contributed by atoms with Crippen molar-refractivity contribution in [2.45, 2.75) is 25.8 Å². The Bertz CT molecular complexity index is 348. The van der Waals surface area contributed by atoms with E-state index in [0.29, 0.717) is 12.8 Å². The number of nitrogens with zero attached hydrogens (tertiary/aromatic N) is 1. The summed E-state index contributed by atoms with van der Waals surface area (Å²) in [5.74, 6) is -0.358. The summed E-state index contributed by atoms with van der Waals surface area (Å²) in [6.45, 7) is 1.65. The van der Waals surface area contributed by atoms with E-state index in [9.17, 15) is 13.2 Å². The van der Waals surface area contributed by atoms with E-state index in [4.69, 9.17) is 5.11 Å². The highest BCUT2D eigenvalue weighted by Crippen LogP contribution is 2.18. The molecule has 1 aliphatic rings. The molecular weight excluding hydrogens is 230 g/mol. The summed E-state index contributed by atoms with van der Waals surface area (Å²) in [6.07, 6.45) is 1.07. The molecule has 0 aromatic heterocycles. The van der Waals surface area contributed by atoms with Crippen molar-refractivity contribution in [3.63, 3.8) is 0 Å². The lowest BCUT2D eigenvalue weighted by molar-refractivity contribution is -0.137. The predicted molar refractivity (Wildman–Crippen MR) is 60.7 cm³/mol. The maximum atomic E-state index is 11.9. The van der Waals surface area contributed by atoms with Gasteiger partial charge in [-0.1, -0.05) is 6.92 Å². The molecule has 0 aromatic rings. The summed E-state index contributed by atoms with van der Waals surface area (Å²) in [5.41, 5.74) is 0. The molecule has 2 unspecified atom stereocenters. The molecule has 1 rings (SSSR count). The van der Waals surface area contributed by atoms with Crippen molar-refractivity contribution >= 4 is 15.7 Å². The Morgan fingerprint density at radius 3 is 2.56 bits per heavy atom. The predicted octanol–water partition coefficient (Wildman–Crippen LogP) is -0.350. The fraction of sp³-hybridized carbons (Fsp3) is 0.900. The Morgan fingerprint density at radius 2 is 2.19 bits per heavy atom. The fourth-order valence-corrected chi connectivity index (χ4v) is 3.70. The first-order valence-corrected chi connectivity index (χ1v) is 7.31. The molecule has 0 radical (unpaired) electrons. The third-order valence-corrected chi connectivity index (χ3v) is 4.92. The van der Waals surface area contributed by atoms with Gasteiger partial charge in [0.15, 0.2) is 9.84 Å². The standard InChI is InChI=1S/C10H19NO4S/c1-3-8(6-12)10(13)11(2)9-4-5-16(14,15)7-9/h8-9,12H,3-7H2,1-2H3. The molecule has 0 saturated carbocycles. The van der Waals surface area contributed by atoms with Crippen LogP contribution in [0.4, 0.5) is 0 Å². The average molecular weight is 249 g/mol. The van der Waals surface area contributed by atoms with Gasteiger partial charge in [-0.05, 0) is 12.8 Å². The number of amides is 1. The molecule has 16 heavy (non-hydrogen) atoms. The summed E-state index contributed by atoms with van der Waals surface area (Å²) in [5, 5.41) is 9.03. The largest absolute Gasteiger partial charge is 0.396 e. The van der Waals surface area contributed by atoms with E-state index in [-0.39, 0.29) is 30.1 Å². The van der Waals surface area contributed by atoms with Crippen LogP contribution in [0, 0.1) is 5.92 Å². The third kappa shape index (κ3) is 2.95. The van der Waals surface area contributed by atoms with Crippen molar-refractivity contribution in [1.82, 2.24) is 4.90 Å². The van der Waals surface area contributed by atoms with Gasteiger partial charge in [-0.15, -0.1) is 0 Å². The van der Waals surface area contributed by atoms with Gasteiger partial charge in [0.25, 0.3) is 0 Å². The van der Waals surface area contributed by atoms with Crippen molar-refractivity contribution in [2.75, 3.05) is 25.2 Å². The van der Waals surface area contributed by atoms with Gasteiger partial charge in [-0.3, -0.25) is 4.79 Å². The van der Waals surface area contributed by atoms with Crippen LogP contribution < -0.4 is 0 Å². The molecule has 94 valence electrons. The van der Waals surface area contributed by atoms with E-state index in [0.717, 1.165) is 0 Å². The quantitative estimate of drug-likeness (QED) is 0.739. The van der Waals surface area contributed by atoms with Gasteiger partial charge in [0.1, 0.15) is 0 Å². The molecule has 6 heteroatoms. The first-order valence-electron chi connectivity index (χ1n) is 5.49. The maximum Gasteiger partial charge on any atom is 0.228 e. The number of hydrogen-bond acceptors (Lipinski definition) is 4. The summed E-state index contributed by atoms with van der Waals surface area (Å²) in [7, 11) is -1.35. The van der Waals surface area contributed by atoms with E-state index < -0.39 is 15.8 Å². The first kappa shape index (κ1) is 13.4. The second-order valence-electron chi connectivity index (χ2n) is 4.29. The van der Waals surface area contributed by atoms with Gasteiger partial charge in [0, 0.05) is 13.1 Å². The highest BCUT2D eigenvalue weighted by Gasteiger charge is 2.34. The number of aliphatic hydroxyl groups excluding tert-OH is 1. The van der Waals surface area contributed by atoms with Crippen LogP contribution in [0.15, 0.2) is 0 Å². The molecule has 0 aliphatic carbocycles. The minimum Gasteiger partial charge on any atom is -0.396 e. The second kappa shape index (κ2) is 5.14. The van der Waals surface area contributed by atoms with E-state index >= 15 is 0 Å². The smallest absolute Gasteiger partial charge is 0.228 e. The molecule has 2 atom stereocenters. The summed E-state index contributed by atoms with van der Waals surface area (Å²) >= 11 is 0. The minimum atomic E-state index is -2.97. The number of carbonyl (C=O) groups excluding carboxylic acids is 1. The average Bonchev–Trinajstić information content (AvgIpc) is 2.59. The van der Waals surface area contributed by atoms with Crippen LogP contribution in [0.2, 0.25) is 0 Å². The Labute approximate surface area is 96.4 Å². The van der Waals surface area contributed by atoms with Crippen molar-refractivity contribution in [2.24, 2.45) is 5.92 Å². The molecule has 5 nitrogen and oxygen atoms in total. The number of hydrogen-bond donors (Lipinski definition) is 1. The highest BCUT2D eigenvalue weighted by molar-refractivity contribution is 7.91. The van der Waals surface area contributed by atoms with Crippen LogP contribution in [-0.2, 0) is 14.6 Å². The zero-order valence-corrected chi connectivity index (χ0v) is 10.5. The normalized spacial score (nSPS) is 25.3. The molecule has 1 N–H and O–H groups in total. The highest BCUT2D eigenvalue weighted by atomic mass is 32.2. The van der Waals surface area contributed by atoms with Crippen molar-refractivity contribution in [3.05, 3.63) is 0 Å². The Kier molecular flexibility index (Phi) is 4.32. The number of rotatable bonds is 4. The number of sulfone groups is 1. The molecule has 1 heterocycles. The monoisotopic (exact) mass is 249 g/mol. The SMILES string of the molecule is CCC(CO)C(=O)N(C)C1CCS(=O)(=O)C1. The van der Waals surface area contributed by atoms with Gasteiger partial charge in [0.2, 0.25) is 5.91 Å². The Morgan fingerprint density at radius 1 is 1.56 bits per heavy atom. The number of aliphatic hydroxyl groups is 1. The summed E-state index contributed by atoms with van der Waals surface area (Å²) < 4.78 is 22.6. The van der Waals surface area contributed by atoms with Crippen molar-refractivity contribution in [3.8, 4) is 0 Å². The molecule has 0 aromatic carbocycles. The van der Waals surface area contributed by atoms with Crippen LogP contribution in [0.1, 0.15) is 19.8 Å². The summed E-state index contributed by atoms with van der Waals surface area (Å²) in [6, 6.07) is -0.224. The van der Waals surface area contributed by atoms with Gasteiger partial charge in [0.05, 0.1) is 24.0 Å². The van der Waals surface area contributed by atoms with Gasteiger partial charge >= 0.3 is 0 Å². The van der Waals surface area contributed by atoms with Crippen LogP contribution in [-0.4, -0.2) is 55.5 Å². The van der Waals surface area contributed by atoms with Crippen molar-refractivity contribution in [1.29, 1.82) is 0 Å². The van der Waals surface area contributed by atoms with Crippen LogP contribution in [0.25, 0.3) is 0 Å². The Hall–Kier alpha value is -0.620. The second-order valence-corrected chi connectivity index (χ2v) is 6.52. The van der Waals surface area contributed by atoms with Crippen LogP contribution in [0.3, 0.4) is 0 Å². The van der Waals surface area contributed by atoms with E-state index in [1.807, 2.05) is 6.92 Å². The summed E-state index contributed by atoms with van der Waals surface area (Å²) in [4.78, 5) is 13.4. The lowest BCUT2D eigenvalue weighted by atomic mass is 10.1. The first-order chi connectivity index (χ1) is 7.41. The molecule has 1 aliphatic heterocycles. The number of carbonyl (C=O) groups is 1. The zero-order valence-electron chi connectivity index (χ0n) is 9.72. The van der Waals surface area contributed by atoms with Gasteiger partial charge in [-0.2, -0.15) is 0 Å². The molecule has 1 fully saturated rings.